The molecule has 2 aromatic heterocycles. The average Bonchev–Trinajstić information content (AvgIpc) is 4.16. The molecule has 0 fully saturated rings. The molecule has 0 N–H and O–H groups in total. The standard InChI is InChI=1S/2C20H13N.C15H14.2C3H8.6C2H6.6Y/c2*1-2-21-19-11-7-6-10-17(19)18-14-16(12-13-20(18)21)15-8-4-3-5-9-15;1-2-11-7-5-9-14-13-8-4-3-6-12(13)10-15(11)14;2*1-3-2;6*1-2;;;;;;/h2*3-7,10-11,13H,2H2,1H3;3-9H,2,10H2,1H3;2*3H2,1-2H3;6*1-2H3;;;;;;/q2*-4;;;;;;;;;;;;;;;. The van der Waals surface area contributed by atoms with Crippen molar-refractivity contribution < 1.29 is 196 Å². The summed E-state index contributed by atoms with van der Waals surface area (Å²) in [5.41, 5.74) is 15.9. The summed E-state index contributed by atoms with van der Waals surface area (Å²) in [6.45, 7) is 40.9. The van der Waals surface area contributed by atoms with Crippen molar-refractivity contribution in [2.45, 2.75) is 170 Å². The minimum Gasteiger partial charge on any atom is -0.460 e. The Bertz CT molecular complexity index is 2890. The Hall–Kier alpha value is -0.0166. The summed E-state index contributed by atoms with van der Waals surface area (Å²) < 4.78 is 4.61. The molecule has 420 valence electrons. The molecule has 2 nitrogen and oxygen atoms in total. The van der Waals surface area contributed by atoms with Gasteiger partial charge in [-0.25, -0.2) is 24.3 Å². The summed E-state index contributed by atoms with van der Waals surface area (Å²) in [6.07, 6.45) is 4.76. The second kappa shape index (κ2) is 56.5. The van der Waals surface area contributed by atoms with E-state index in [0.29, 0.717) is 0 Å². The summed E-state index contributed by atoms with van der Waals surface area (Å²) >= 11 is 0. The zero-order chi connectivity index (χ0) is 56.1. The third-order valence-electron chi connectivity index (χ3n) is 11.0. The molecule has 81 heavy (non-hydrogen) atoms. The maximum atomic E-state index is 3.50. The Morgan fingerprint density at radius 1 is 0.358 bits per heavy atom. The number of hydrogen-bond donors (Lipinski definition) is 0. The SMILES string of the molecule is CC.CC.CC.CC.CC.CC.CCC.CCC.CCc1cccc2c1Cc1ccccc1-2.CCn1c2c[c-]c(-c3[c-]ccc[c-]3)[c-]c2c2ccccc21.CCn1c2c[c-]c(-c3[c-]ccc[c-]3)[c-]c2c2ccccc21.[Y].[Y].[Y].[Y].[Y].[Y]. The summed E-state index contributed by atoms with van der Waals surface area (Å²) in [6, 6.07) is 74.3. The normalized spacial score (nSPS) is 9.02. The Kier molecular flexibility index (Phi) is 64.3. The van der Waals surface area contributed by atoms with Gasteiger partial charge in [-0.05, 0) is 77.4 Å². The first-order valence-electron chi connectivity index (χ1n) is 28.7. The van der Waals surface area contributed by atoms with Gasteiger partial charge in [0.25, 0.3) is 0 Å². The van der Waals surface area contributed by atoms with E-state index in [0.717, 1.165) is 59.0 Å². The monoisotopic (exact) mass is 1530 g/mol. The van der Waals surface area contributed by atoms with E-state index in [9.17, 15) is 0 Å². The van der Waals surface area contributed by atoms with Crippen LogP contribution in [-0.4, -0.2) is 9.13 Å². The number of nitrogens with zero attached hydrogens (tertiary/aromatic N) is 2. The molecule has 0 bridgehead atoms. The molecule has 1 aliphatic rings. The van der Waals surface area contributed by atoms with Gasteiger partial charge in [-0.2, -0.15) is 10.8 Å². The molecule has 0 aliphatic heterocycles. The van der Waals surface area contributed by atoms with Crippen LogP contribution >= 0.6 is 0 Å². The van der Waals surface area contributed by atoms with Crippen molar-refractivity contribution in [1.82, 2.24) is 9.13 Å². The number of benzene rings is 8. The van der Waals surface area contributed by atoms with Crippen molar-refractivity contribution >= 4 is 43.6 Å². The maximum Gasteiger partial charge on any atom is 0.0297 e. The van der Waals surface area contributed by atoms with E-state index in [1.165, 1.54) is 67.9 Å². The van der Waals surface area contributed by atoms with Crippen LogP contribution in [0.2, 0.25) is 0 Å². The van der Waals surface area contributed by atoms with Crippen LogP contribution in [0, 0.1) is 48.5 Å². The molecule has 8 aromatic carbocycles. The first-order valence-corrected chi connectivity index (χ1v) is 28.7. The first-order chi connectivity index (χ1) is 37.0. The number of aryl methyl sites for hydroxylation is 3. The maximum absolute atomic E-state index is 3.50. The first kappa shape index (κ1) is 92.1. The molecule has 11 rings (SSSR count). The molecule has 0 saturated heterocycles. The molecular formula is C73H92N2Y6-8. The Balaban J connectivity index is -0.000000222. The molecule has 0 atom stereocenters. The number of rotatable bonds is 5. The third kappa shape index (κ3) is 26.7. The fraction of sp³-hybridized carbons (Fsp3) is 0.342. The molecule has 10 aromatic rings. The quantitative estimate of drug-likeness (QED) is 0.152. The van der Waals surface area contributed by atoms with Crippen LogP contribution in [0.1, 0.15) is 161 Å². The summed E-state index contributed by atoms with van der Waals surface area (Å²) in [7, 11) is 0. The smallest absolute Gasteiger partial charge is 0.0297 e. The second-order valence-electron chi connectivity index (χ2n) is 15.5. The van der Waals surface area contributed by atoms with Crippen molar-refractivity contribution in [3.8, 4) is 33.4 Å². The van der Waals surface area contributed by atoms with E-state index in [1.54, 1.807) is 5.56 Å². The molecule has 6 radical (unpaired) electrons. The van der Waals surface area contributed by atoms with Crippen LogP contribution in [-0.2, 0) is 222 Å². The Morgan fingerprint density at radius 2 is 0.704 bits per heavy atom. The molecule has 0 unspecified atom stereocenters. The van der Waals surface area contributed by atoms with E-state index in [-0.39, 0.29) is 196 Å². The average molecular weight is 1530 g/mol. The topological polar surface area (TPSA) is 9.86 Å². The molecule has 2 heterocycles. The van der Waals surface area contributed by atoms with Gasteiger partial charge in [-0.3, -0.25) is 24.3 Å². The predicted octanol–water partition coefficient (Wildman–Crippen LogP) is 22.2. The van der Waals surface area contributed by atoms with Crippen LogP contribution < -0.4 is 0 Å². The molecule has 8 heteroatoms. The number of hydrogen-bond acceptors (Lipinski definition) is 0. The van der Waals surface area contributed by atoms with Gasteiger partial charge in [0.1, 0.15) is 0 Å². The van der Waals surface area contributed by atoms with Crippen LogP contribution in [0.4, 0.5) is 0 Å². The number of aromatic nitrogens is 2. The van der Waals surface area contributed by atoms with Gasteiger partial charge in [-0.1, -0.05) is 209 Å². The predicted molar refractivity (Wildman–Crippen MR) is 336 cm³/mol. The van der Waals surface area contributed by atoms with Gasteiger partial charge in [0.15, 0.2) is 0 Å². The Labute approximate surface area is 647 Å². The van der Waals surface area contributed by atoms with E-state index < -0.39 is 0 Å². The van der Waals surface area contributed by atoms with E-state index in [4.69, 9.17) is 0 Å². The zero-order valence-electron chi connectivity index (χ0n) is 53.4. The third-order valence-corrected chi connectivity index (χ3v) is 11.0. The van der Waals surface area contributed by atoms with Crippen molar-refractivity contribution in [1.29, 1.82) is 0 Å². The largest absolute Gasteiger partial charge is 0.460 e. The van der Waals surface area contributed by atoms with E-state index in [2.05, 4.69) is 209 Å². The zero-order valence-corrected chi connectivity index (χ0v) is 70.4. The van der Waals surface area contributed by atoms with Crippen LogP contribution in [0.5, 0.6) is 0 Å². The van der Waals surface area contributed by atoms with Gasteiger partial charge < -0.3 is 79.9 Å². The molecule has 0 saturated carbocycles. The van der Waals surface area contributed by atoms with E-state index >= 15 is 0 Å². The molecule has 0 amide bonds. The summed E-state index contributed by atoms with van der Waals surface area (Å²) in [5, 5.41) is 4.76. The van der Waals surface area contributed by atoms with Crippen molar-refractivity contribution in [3.05, 3.63) is 205 Å². The summed E-state index contributed by atoms with van der Waals surface area (Å²) in [4.78, 5) is 0. The van der Waals surface area contributed by atoms with Gasteiger partial charge in [0.05, 0.1) is 0 Å². The van der Waals surface area contributed by atoms with Crippen molar-refractivity contribution in [2.75, 3.05) is 0 Å². The number of fused-ring (bicyclic) bond motifs is 9. The summed E-state index contributed by atoms with van der Waals surface area (Å²) in [5.74, 6) is 0. The van der Waals surface area contributed by atoms with Crippen LogP contribution in [0.25, 0.3) is 77.0 Å². The molecular weight excluding hydrogens is 1440 g/mol. The van der Waals surface area contributed by atoms with Gasteiger partial charge in [0.2, 0.25) is 0 Å². The second-order valence-corrected chi connectivity index (χ2v) is 15.5. The molecule has 1 aliphatic carbocycles. The van der Waals surface area contributed by atoms with Crippen molar-refractivity contribution in [2.24, 2.45) is 0 Å². The van der Waals surface area contributed by atoms with Crippen molar-refractivity contribution in [3.63, 3.8) is 0 Å². The number of para-hydroxylation sites is 2. The molecule has 0 spiro atoms. The van der Waals surface area contributed by atoms with E-state index in [1.807, 2.05) is 119 Å². The fourth-order valence-electron chi connectivity index (χ4n) is 8.31. The fourth-order valence-corrected chi connectivity index (χ4v) is 8.31. The van der Waals surface area contributed by atoms with Crippen LogP contribution in [0.15, 0.2) is 140 Å². The van der Waals surface area contributed by atoms with Crippen LogP contribution in [0.3, 0.4) is 0 Å². The van der Waals surface area contributed by atoms with Gasteiger partial charge >= 0.3 is 0 Å². The Morgan fingerprint density at radius 3 is 1.07 bits per heavy atom. The van der Waals surface area contributed by atoms with Gasteiger partial charge in [-0.15, -0.1) is 11.0 Å². The minimum absolute atomic E-state index is 0. The minimum atomic E-state index is 0. The van der Waals surface area contributed by atoms with Gasteiger partial charge in [0, 0.05) is 220 Å².